The first kappa shape index (κ1) is 18.4. The molecule has 0 aliphatic heterocycles. The summed E-state index contributed by atoms with van der Waals surface area (Å²) >= 11 is 2.25. The molecule has 3 aromatic rings. The molecule has 0 aliphatic rings. The van der Waals surface area contributed by atoms with Crippen molar-refractivity contribution in [3.05, 3.63) is 108 Å². The third kappa shape index (κ3) is 5.05. The summed E-state index contributed by atoms with van der Waals surface area (Å²) in [6, 6.07) is 29.7. The van der Waals surface area contributed by atoms with Gasteiger partial charge in [0.1, 0.15) is 0 Å². The Kier molecular flexibility index (Phi) is 6.61. The van der Waals surface area contributed by atoms with E-state index in [-0.39, 0.29) is 5.97 Å². The van der Waals surface area contributed by atoms with E-state index in [1.807, 2.05) is 91.0 Å². The first-order valence-electron chi connectivity index (χ1n) is 8.49. The van der Waals surface area contributed by atoms with E-state index in [1.165, 1.54) is 0 Å². The van der Waals surface area contributed by atoms with Gasteiger partial charge >= 0.3 is 5.97 Å². The monoisotopic (exact) mass is 454 g/mol. The highest BCUT2D eigenvalue weighted by Crippen LogP contribution is 2.32. The van der Waals surface area contributed by atoms with Gasteiger partial charge in [0.2, 0.25) is 0 Å². The fraction of sp³-hybridized carbons (Fsp3) is 0.0870. The Morgan fingerprint density at radius 1 is 0.731 bits per heavy atom. The predicted molar refractivity (Wildman–Crippen MR) is 115 cm³/mol. The van der Waals surface area contributed by atoms with Crippen molar-refractivity contribution in [1.82, 2.24) is 0 Å². The zero-order chi connectivity index (χ0) is 18.2. The molecular weight excluding hydrogens is 435 g/mol. The zero-order valence-corrected chi connectivity index (χ0v) is 16.4. The van der Waals surface area contributed by atoms with Crippen LogP contribution in [0.15, 0.2) is 91.0 Å². The van der Waals surface area contributed by atoms with Gasteiger partial charge in [-0.3, -0.25) is 4.79 Å². The molecule has 0 spiro atoms. The third-order valence-corrected chi connectivity index (χ3v) is 5.05. The van der Waals surface area contributed by atoms with Crippen molar-refractivity contribution < 1.29 is 9.53 Å². The molecule has 3 rings (SSSR count). The molecule has 0 bridgehead atoms. The summed E-state index contributed by atoms with van der Waals surface area (Å²) in [6.07, 6.45) is 1.02. The summed E-state index contributed by atoms with van der Waals surface area (Å²) in [4.78, 5) is 12.5. The van der Waals surface area contributed by atoms with Crippen molar-refractivity contribution in [2.24, 2.45) is 0 Å². The lowest BCUT2D eigenvalue weighted by Gasteiger charge is -2.13. The lowest BCUT2D eigenvalue weighted by atomic mass is 10.1. The molecule has 0 N–H and O–H groups in total. The summed E-state index contributed by atoms with van der Waals surface area (Å²) in [5.74, 6) is 0.383. The topological polar surface area (TPSA) is 26.3 Å². The molecule has 130 valence electrons. The molecule has 0 unspecified atom stereocenters. The molecule has 0 fully saturated rings. The molecule has 26 heavy (non-hydrogen) atoms. The second kappa shape index (κ2) is 9.34. The van der Waals surface area contributed by atoms with Crippen LogP contribution in [0.1, 0.15) is 23.1 Å². The number of aryl methyl sites for hydroxylation is 1. The van der Waals surface area contributed by atoms with Gasteiger partial charge in [0.25, 0.3) is 0 Å². The van der Waals surface area contributed by atoms with Crippen LogP contribution in [0.5, 0.6) is 0 Å². The van der Waals surface area contributed by atoms with E-state index >= 15 is 0 Å². The molecule has 2 nitrogen and oxygen atoms in total. The Labute approximate surface area is 167 Å². The largest absolute Gasteiger partial charge is 0.425 e. The molecular formula is C23H19IO2. The Balaban J connectivity index is 1.81. The van der Waals surface area contributed by atoms with Crippen LogP contribution >= 0.6 is 22.6 Å². The highest BCUT2D eigenvalue weighted by atomic mass is 127. The van der Waals surface area contributed by atoms with E-state index in [0.29, 0.717) is 18.6 Å². The van der Waals surface area contributed by atoms with Gasteiger partial charge in [0.15, 0.2) is 5.76 Å². The summed E-state index contributed by atoms with van der Waals surface area (Å²) < 4.78 is 6.73. The van der Waals surface area contributed by atoms with Crippen molar-refractivity contribution >= 4 is 37.9 Å². The number of carbonyl (C=O) groups excluding carboxylic acids is 1. The van der Waals surface area contributed by atoms with E-state index in [0.717, 1.165) is 20.3 Å². The summed E-state index contributed by atoms with van der Waals surface area (Å²) in [5, 5.41) is 0. The maximum atomic E-state index is 12.5. The van der Waals surface area contributed by atoms with Crippen LogP contribution < -0.4 is 0 Å². The number of hydrogen-bond donors (Lipinski definition) is 0. The molecule has 0 aliphatic carbocycles. The van der Waals surface area contributed by atoms with E-state index in [1.54, 1.807) is 0 Å². The van der Waals surface area contributed by atoms with Crippen molar-refractivity contribution in [1.29, 1.82) is 0 Å². The summed E-state index contributed by atoms with van der Waals surface area (Å²) in [7, 11) is 0. The molecule has 0 heterocycles. The van der Waals surface area contributed by atoms with Gasteiger partial charge in [-0.25, -0.2) is 0 Å². The average molecular weight is 454 g/mol. The predicted octanol–water partition coefficient (Wildman–Crippen LogP) is 6.12. The van der Waals surface area contributed by atoms with Crippen molar-refractivity contribution in [3.8, 4) is 0 Å². The number of rotatable bonds is 6. The van der Waals surface area contributed by atoms with Gasteiger partial charge < -0.3 is 4.74 Å². The average Bonchev–Trinajstić information content (AvgIpc) is 2.72. The van der Waals surface area contributed by atoms with Gasteiger partial charge in [-0.2, -0.15) is 0 Å². The lowest BCUT2D eigenvalue weighted by molar-refractivity contribution is -0.136. The van der Waals surface area contributed by atoms with Crippen LogP contribution in [-0.2, 0) is 16.0 Å². The molecule has 0 atom stereocenters. The Hall–Kier alpha value is -2.40. The van der Waals surface area contributed by atoms with E-state index < -0.39 is 0 Å². The van der Waals surface area contributed by atoms with Crippen LogP contribution in [-0.4, -0.2) is 5.97 Å². The van der Waals surface area contributed by atoms with Crippen molar-refractivity contribution in [3.63, 3.8) is 0 Å². The number of benzene rings is 3. The van der Waals surface area contributed by atoms with Crippen LogP contribution in [0.25, 0.3) is 9.34 Å². The first-order valence-corrected chi connectivity index (χ1v) is 9.57. The fourth-order valence-corrected chi connectivity index (χ4v) is 3.37. The SMILES string of the molecule is O=C(CCc1ccccc1)O/C(=C(/I)c1ccccc1)c1ccccc1. The van der Waals surface area contributed by atoms with Gasteiger partial charge in [0, 0.05) is 12.0 Å². The van der Waals surface area contributed by atoms with Crippen LogP contribution in [0.3, 0.4) is 0 Å². The van der Waals surface area contributed by atoms with Crippen LogP contribution in [0.2, 0.25) is 0 Å². The van der Waals surface area contributed by atoms with E-state index in [4.69, 9.17) is 4.74 Å². The molecule has 0 amide bonds. The third-order valence-electron chi connectivity index (χ3n) is 3.94. The van der Waals surface area contributed by atoms with E-state index in [2.05, 4.69) is 22.6 Å². The Morgan fingerprint density at radius 3 is 1.81 bits per heavy atom. The molecule has 0 saturated heterocycles. The number of carbonyl (C=O) groups is 1. The first-order chi connectivity index (χ1) is 12.7. The summed E-state index contributed by atoms with van der Waals surface area (Å²) in [5.41, 5.74) is 3.06. The maximum absolute atomic E-state index is 12.5. The van der Waals surface area contributed by atoms with Gasteiger partial charge in [0.05, 0.1) is 3.58 Å². The molecule has 0 saturated carbocycles. The number of ether oxygens (including phenoxy) is 1. The van der Waals surface area contributed by atoms with Gasteiger partial charge in [-0.05, 0) is 40.1 Å². The minimum Gasteiger partial charge on any atom is -0.425 e. The number of hydrogen-bond acceptors (Lipinski definition) is 2. The minimum atomic E-state index is -0.224. The molecule has 3 aromatic carbocycles. The second-order valence-electron chi connectivity index (χ2n) is 5.83. The molecule has 0 aromatic heterocycles. The lowest BCUT2D eigenvalue weighted by Crippen LogP contribution is -2.06. The normalized spacial score (nSPS) is 11.6. The van der Waals surface area contributed by atoms with Gasteiger partial charge in [-0.15, -0.1) is 0 Å². The van der Waals surface area contributed by atoms with Crippen LogP contribution in [0, 0.1) is 0 Å². The fourth-order valence-electron chi connectivity index (χ4n) is 2.59. The highest BCUT2D eigenvalue weighted by Gasteiger charge is 2.15. The Morgan fingerprint density at radius 2 is 1.23 bits per heavy atom. The van der Waals surface area contributed by atoms with Crippen molar-refractivity contribution in [2.75, 3.05) is 0 Å². The number of halogens is 1. The van der Waals surface area contributed by atoms with Crippen molar-refractivity contribution in [2.45, 2.75) is 12.8 Å². The Bertz CT molecular complexity index is 872. The smallest absolute Gasteiger partial charge is 0.311 e. The van der Waals surface area contributed by atoms with E-state index in [9.17, 15) is 4.79 Å². The molecule has 3 heteroatoms. The maximum Gasteiger partial charge on any atom is 0.311 e. The second-order valence-corrected chi connectivity index (χ2v) is 6.91. The number of esters is 1. The van der Waals surface area contributed by atoms with Gasteiger partial charge in [-0.1, -0.05) is 91.0 Å². The quantitative estimate of drug-likeness (QED) is 0.194. The minimum absolute atomic E-state index is 0.224. The zero-order valence-electron chi connectivity index (χ0n) is 14.3. The molecule has 0 radical (unpaired) electrons. The summed E-state index contributed by atoms with van der Waals surface area (Å²) in [6.45, 7) is 0. The highest BCUT2D eigenvalue weighted by molar-refractivity contribution is 14.1. The standard InChI is InChI=1S/C23H19IO2/c24-22(19-12-6-2-7-13-19)23(20-14-8-3-9-15-20)26-21(25)17-16-18-10-4-1-5-11-18/h1-15H,16-17H2/b23-22+. The van der Waals surface area contributed by atoms with Crippen LogP contribution in [0.4, 0.5) is 0 Å².